The summed E-state index contributed by atoms with van der Waals surface area (Å²) in [5.41, 5.74) is 0. The molecule has 2 saturated heterocycles. The lowest BCUT2D eigenvalue weighted by Crippen LogP contribution is -2.56. The zero-order chi connectivity index (χ0) is 18.6. The van der Waals surface area contributed by atoms with Crippen molar-refractivity contribution in [3.05, 3.63) is 22.4 Å². The third kappa shape index (κ3) is 4.96. The average Bonchev–Trinajstić information content (AvgIpc) is 3.25. The van der Waals surface area contributed by atoms with Gasteiger partial charge in [0.25, 0.3) is 0 Å². The van der Waals surface area contributed by atoms with Crippen LogP contribution in [0, 0.1) is 17.2 Å². The van der Waals surface area contributed by atoms with Gasteiger partial charge in [-0.15, -0.1) is 11.3 Å². The third-order valence-corrected chi connectivity index (χ3v) is 7.64. The van der Waals surface area contributed by atoms with E-state index in [1.54, 1.807) is 11.3 Å². The van der Waals surface area contributed by atoms with Gasteiger partial charge in [-0.2, -0.15) is 5.26 Å². The Labute approximate surface area is 159 Å². The molecule has 0 spiro atoms. The molecule has 1 N–H and O–H groups in total. The molecular formula is C17H25N5O2S2. The Bertz CT molecular complexity index is 770. The van der Waals surface area contributed by atoms with Gasteiger partial charge in [0.05, 0.1) is 24.1 Å². The smallest absolute Gasteiger partial charge is 0.194 e. The molecule has 0 aliphatic carbocycles. The minimum atomic E-state index is -2.88. The molecule has 2 aliphatic rings. The second-order valence-corrected chi connectivity index (χ2v) is 10.2. The lowest BCUT2D eigenvalue weighted by atomic mass is 10.1. The largest absolute Gasteiger partial charge is 0.356 e. The number of nitriles is 1. The van der Waals surface area contributed by atoms with E-state index in [1.807, 2.05) is 18.5 Å². The first-order valence-electron chi connectivity index (χ1n) is 8.83. The summed E-state index contributed by atoms with van der Waals surface area (Å²) in [6.07, 6.45) is 0.705. The van der Waals surface area contributed by atoms with E-state index < -0.39 is 9.84 Å². The number of likely N-dealkylation sites (N-methyl/N-ethyl adjacent to an activating group) is 1. The molecule has 0 aromatic carbocycles. The number of guanidine groups is 1. The third-order valence-electron chi connectivity index (χ3n) is 4.94. The molecule has 0 bridgehead atoms. The summed E-state index contributed by atoms with van der Waals surface area (Å²) in [7, 11) is -0.915. The van der Waals surface area contributed by atoms with Crippen molar-refractivity contribution in [2.24, 2.45) is 10.9 Å². The van der Waals surface area contributed by atoms with Crippen molar-refractivity contribution in [1.82, 2.24) is 15.1 Å². The molecule has 0 radical (unpaired) electrons. The quantitative estimate of drug-likeness (QED) is 0.598. The highest BCUT2D eigenvalue weighted by atomic mass is 32.2. The van der Waals surface area contributed by atoms with Gasteiger partial charge in [-0.1, -0.05) is 6.07 Å². The number of piperazine rings is 1. The van der Waals surface area contributed by atoms with E-state index in [4.69, 9.17) is 4.99 Å². The minimum Gasteiger partial charge on any atom is -0.356 e. The van der Waals surface area contributed by atoms with Crippen LogP contribution in [0.15, 0.2) is 22.5 Å². The number of rotatable bonds is 4. The predicted octanol–water partition coefficient (Wildman–Crippen LogP) is 0.768. The van der Waals surface area contributed by atoms with Crippen molar-refractivity contribution in [1.29, 1.82) is 5.26 Å². The van der Waals surface area contributed by atoms with Crippen LogP contribution in [0.3, 0.4) is 0 Å². The maximum Gasteiger partial charge on any atom is 0.194 e. The number of aliphatic imine (C=N–C) groups is 1. The minimum absolute atomic E-state index is 0.131. The number of hydrogen-bond donors (Lipinski definition) is 1. The molecule has 142 valence electrons. The van der Waals surface area contributed by atoms with E-state index in [0.29, 0.717) is 26.1 Å². The summed E-state index contributed by atoms with van der Waals surface area (Å²) in [5, 5.41) is 14.8. The van der Waals surface area contributed by atoms with Gasteiger partial charge < -0.3 is 10.2 Å². The van der Waals surface area contributed by atoms with E-state index in [9.17, 15) is 13.7 Å². The average molecular weight is 396 g/mol. The number of hydrogen-bond acceptors (Lipinski definition) is 6. The molecule has 3 rings (SSSR count). The van der Waals surface area contributed by atoms with E-state index >= 15 is 0 Å². The standard InChI is InChI=1S/C17H25N5O2S2/c1-21-5-6-22(12-15(21)9-18)17(20-11-16-3-2-7-25-16)19-10-14-4-8-26(23,24)13-14/h2-3,7,14-15H,4-6,8,10-13H2,1H3,(H,19,20). The van der Waals surface area contributed by atoms with Crippen LogP contribution >= 0.6 is 11.3 Å². The number of thiophene rings is 1. The number of nitrogens with one attached hydrogen (secondary N) is 1. The number of nitrogens with zero attached hydrogens (tertiary/aromatic N) is 4. The maximum absolute atomic E-state index is 11.7. The Morgan fingerprint density at radius 3 is 3.00 bits per heavy atom. The van der Waals surface area contributed by atoms with Gasteiger partial charge in [0.1, 0.15) is 6.04 Å². The van der Waals surface area contributed by atoms with Gasteiger partial charge in [-0.3, -0.25) is 4.90 Å². The summed E-state index contributed by atoms with van der Waals surface area (Å²) in [6.45, 7) is 3.40. The van der Waals surface area contributed by atoms with Crippen molar-refractivity contribution < 1.29 is 8.42 Å². The summed E-state index contributed by atoms with van der Waals surface area (Å²) < 4.78 is 23.4. The molecule has 1 aromatic rings. The molecule has 0 amide bonds. The lowest BCUT2D eigenvalue weighted by Gasteiger charge is -2.38. The second-order valence-electron chi connectivity index (χ2n) is 6.94. The van der Waals surface area contributed by atoms with Gasteiger partial charge in [-0.25, -0.2) is 13.4 Å². The van der Waals surface area contributed by atoms with E-state index in [2.05, 4.69) is 27.3 Å². The maximum atomic E-state index is 11.7. The predicted molar refractivity (Wildman–Crippen MR) is 104 cm³/mol. The van der Waals surface area contributed by atoms with Gasteiger partial charge in [0, 0.05) is 31.1 Å². The summed E-state index contributed by atoms with van der Waals surface area (Å²) in [6, 6.07) is 6.24. The van der Waals surface area contributed by atoms with Crippen molar-refractivity contribution in [3.8, 4) is 6.07 Å². The zero-order valence-corrected chi connectivity index (χ0v) is 16.6. The zero-order valence-electron chi connectivity index (χ0n) is 15.0. The Morgan fingerprint density at radius 2 is 2.35 bits per heavy atom. The molecule has 2 unspecified atom stereocenters. The molecule has 2 atom stereocenters. The number of sulfone groups is 1. The highest BCUT2D eigenvalue weighted by Gasteiger charge is 2.30. The van der Waals surface area contributed by atoms with Crippen molar-refractivity contribution >= 4 is 27.1 Å². The molecular weight excluding hydrogens is 370 g/mol. The second kappa shape index (κ2) is 8.37. The Hall–Kier alpha value is -1.63. The van der Waals surface area contributed by atoms with Gasteiger partial charge in [-0.05, 0) is 30.8 Å². The highest BCUT2D eigenvalue weighted by molar-refractivity contribution is 7.91. The van der Waals surface area contributed by atoms with Gasteiger partial charge in [0.2, 0.25) is 0 Å². The van der Waals surface area contributed by atoms with Crippen LogP contribution in [0.1, 0.15) is 11.3 Å². The Kier molecular flexibility index (Phi) is 6.16. The molecule has 3 heterocycles. The van der Waals surface area contributed by atoms with Crippen molar-refractivity contribution in [2.75, 3.05) is 44.7 Å². The van der Waals surface area contributed by atoms with Crippen LogP contribution in [0.2, 0.25) is 0 Å². The van der Waals surface area contributed by atoms with Crippen LogP contribution in [0.25, 0.3) is 0 Å². The van der Waals surface area contributed by atoms with Crippen molar-refractivity contribution in [2.45, 2.75) is 19.0 Å². The van der Waals surface area contributed by atoms with Crippen LogP contribution in [0.4, 0.5) is 0 Å². The first kappa shape index (κ1) is 19.1. The van der Waals surface area contributed by atoms with Crippen LogP contribution in [-0.2, 0) is 16.4 Å². The molecule has 0 saturated carbocycles. The normalized spacial score (nSPS) is 26.6. The van der Waals surface area contributed by atoms with Crippen LogP contribution < -0.4 is 5.32 Å². The highest BCUT2D eigenvalue weighted by Crippen LogP contribution is 2.18. The Morgan fingerprint density at radius 1 is 1.50 bits per heavy atom. The molecule has 2 fully saturated rings. The monoisotopic (exact) mass is 395 g/mol. The van der Waals surface area contributed by atoms with E-state index in [1.165, 1.54) is 4.88 Å². The molecule has 7 nitrogen and oxygen atoms in total. The summed E-state index contributed by atoms with van der Waals surface area (Å²) in [5.74, 6) is 1.44. The Balaban J connectivity index is 1.67. The molecule has 1 aromatic heterocycles. The van der Waals surface area contributed by atoms with Gasteiger partial charge in [0.15, 0.2) is 15.8 Å². The van der Waals surface area contributed by atoms with E-state index in [0.717, 1.165) is 19.0 Å². The molecule has 2 aliphatic heterocycles. The fourth-order valence-corrected chi connectivity index (χ4v) is 5.79. The first-order chi connectivity index (χ1) is 12.5. The van der Waals surface area contributed by atoms with Gasteiger partial charge >= 0.3 is 0 Å². The fraction of sp³-hybridized carbons (Fsp3) is 0.647. The molecule has 9 heteroatoms. The first-order valence-corrected chi connectivity index (χ1v) is 11.5. The van der Waals surface area contributed by atoms with Crippen molar-refractivity contribution in [3.63, 3.8) is 0 Å². The lowest BCUT2D eigenvalue weighted by molar-refractivity contribution is 0.171. The summed E-state index contributed by atoms with van der Waals surface area (Å²) >= 11 is 1.67. The SMILES string of the molecule is CN1CCN(C(=NCc2cccs2)NCC2CCS(=O)(=O)C2)CC1C#N. The van der Waals surface area contributed by atoms with Crippen LogP contribution in [-0.4, -0.2) is 75.0 Å². The van der Waals surface area contributed by atoms with E-state index in [-0.39, 0.29) is 23.5 Å². The molecule has 26 heavy (non-hydrogen) atoms. The fourth-order valence-electron chi connectivity index (χ4n) is 3.30. The summed E-state index contributed by atoms with van der Waals surface area (Å²) in [4.78, 5) is 10.1. The topological polar surface area (TPSA) is 88.8 Å². The van der Waals surface area contributed by atoms with Crippen LogP contribution in [0.5, 0.6) is 0 Å².